The van der Waals surface area contributed by atoms with Gasteiger partial charge in [-0.15, -0.1) is 0 Å². The monoisotopic (exact) mass is 403 g/mol. The predicted octanol–water partition coefficient (Wildman–Crippen LogP) is 2.78. The fourth-order valence-electron chi connectivity index (χ4n) is 3.35. The molecule has 8 nitrogen and oxygen atoms in total. The minimum absolute atomic E-state index is 0.366. The molecule has 160 valence electrons. The molecule has 2 rings (SSSR count). The molecular weight excluding hydrogens is 370 g/mol. The molecule has 0 saturated heterocycles. The summed E-state index contributed by atoms with van der Waals surface area (Å²) < 4.78 is 18.3. The van der Waals surface area contributed by atoms with E-state index in [4.69, 9.17) is 14.2 Å². The van der Waals surface area contributed by atoms with Crippen LogP contribution in [0.4, 0.5) is 0 Å². The quantitative estimate of drug-likeness (QED) is 0.540. The maximum atomic E-state index is 5.57. The average Bonchev–Trinajstić information content (AvgIpc) is 3.07. The van der Waals surface area contributed by atoms with E-state index < -0.39 is 0 Å². The first-order chi connectivity index (χ1) is 13.9. The van der Waals surface area contributed by atoms with Crippen molar-refractivity contribution in [1.29, 1.82) is 0 Å². The van der Waals surface area contributed by atoms with Crippen LogP contribution in [0, 0.1) is 0 Å². The lowest BCUT2D eigenvalue weighted by molar-refractivity contribution is 0.322. The molecule has 0 saturated carbocycles. The summed E-state index contributed by atoms with van der Waals surface area (Å²) in [7, 11) is 10.6. The van der Waals surface area contributed by atoms with Gasteiger partial charge in [0, 0.05) is 51.6 Å². The van der Waals surface area contributed by atoms with Gasteiger partial charge in [-0.05, 0) is 18.1 Å². The van der Waals surface area contributed by atoms with Crippen molar-refractivity contribution in [3.05, 3.63) is 35.2 Å². The highest BCUT2D eigenvalue weighted by molar-refractivity contribution is 5.79. The molecule has 0 amide bonds. The number of guanidine groups is 1. The first kappa shape index (κ1) is 22.4. The lowest BCUT2D eigenvalue weighted by atomic mass is 10.1. The number of benzene rings is 1. The third kappa shape index (κ3) is 5.13. The van der Waals surface area contributed by atoms with Gasteiger partial charge in [0.25, 0.3) is 0 Å². The van der Waals surface area contributed by atoms with Gasteiger partial charge in [-0.2, -0.15) is 5.10 Å². The molecule has 0 aliphatic carbocycles. The Balaban J connectivity index is 2.15. The number of nitrogens with zero attached hydrogens (tertiary/aromatic N) is 4. The van der Waals surface area contributed by atoms with Crippen LogP contribution in [0.25, 0.3) is 0 Å². The fraction of sp³-hybridized carbons (Fsp3) is 0.524. The summed E-state index contributed by atoms with van der Waals surface area (Å²) in [5.41, 5.74) is 3.25. The second-order valence-corrected chi connectivity index (χ2v) is 7.12. The van der Waals surface area contributed by atoms with Crippen molar-refractivity contribution in [2.24, 2.45) is 12.0 Å². The zero-order valence-corrected chi connectivity index (χ0v) is 18.7. The molecule has 29 heavy (non-hydrogen) atoms. The van der Waals surface area contributed by atoms with Crippen LogP contribution < -0.4 is 19.5 Å². The van der Waals surface area contributed by atoms with E-state index in [0.29, 0.717) is 36.3 Å². The molecule has 1 heterocycles. The van der Waals surface area contributed by atoms with E-state index in [1.165, 1.54) is 5.56 Å². The molecule has 0 spiro atoms. The van der Waals surface area contributed by atoms with Gasteiger partial charge in [0.05, 0.1) is 27.0 Å². The second-order valence-electron chi connectivity index (χ2n) is 7.12. The molecule has 0 aliphatic rings. The Morgan fingerprint density at radius 1 is 1.14 bits per heavy atom. The van der Waals surface area contributed by atoms with Gasteiger partial charge in [-0.25, -0.2) is 0 Å². The van der Waals surface area contributed by atoms with E-state index in [1.54, 1.807) is 28.4 Å². The first-order valence-electron chi connectivity index (χ1n) is 9.58. The van der Waals surface area contributed by atoms with Gasteiger partial charge in [-0.1, -0.05) is 13.8 Å². The zero-order chi connectivity index (χ0) is 21.6. The molecule has 0 aliphatic heterocycles. The Labute approximate surface area is 173 Å². The number of hydrogen-bond acceptors (Lipinski definition) is 5. The molecule has 2 aromatic rings. The lowest BCUT2D eigenvalue weighted by Gasteiger charge is -2.23. The minimum Gasteiger partial charge on any atom is -0.493 e. The van der Waals surface area contributed by atoms with Crippen molar-refractivity contribution in [2.45, 2.75) is 32.9 Å². The van der Waals surface area contributed by atoms with Crippen LogP contribution in [0.15, 0.2) is 23.3 Å². The average molecular weight is 404 g/mol. The number of ether oxygens (including phenoxy) is 3. The van der Waals surface area contributed by atoms with Gasteiger partial charge in [0.15, 0.2) is 17.5 Å². The van der Waals surface area contributed by atoms with Crippen molar-refractivity contribution in [3.8, 4) is 17.2 Å². The SMILES string of the molecule is CN=C(NCc1ccc(OC)c(OC)c1OC)N(C)Cc1cn(C)nc1C(C)C. The minimum atomic E-state index is 0.366. The van der Waals surface area contributed by atoms with E-state index in [1.807, 2.05) is 30.9 Å². The molecule has 0 unspecified atom stereocenters. The highest BCUT2D eigenvalue weighted by Gasteiger charge is 2.18. The van der Waals surface area contributed by atoms with Gasteiger partial charge in [-0.3, -0.25) is 9.67 Å². The van der Waals surface area contributed by atoms with Crippen LogP contribution in [0.3, 0.4) is 0 Å². The zero-order valence-electron chi connectivity index (χ0n) is 18.7. The second kappa shape index (κ2) is 10.0. The summed E-state index contributed by atoms with van der Waals surface area (Å²) in [5, 5.41) is 7.98. The largest absolute Gasteiger partial charge is 0.493 e. The molecule has 0 bridgehead atoms. The van der Waals surface area contributed by atoms with Crippen LogP contribution in [-0.2, 0) is 20.1 Å². The van der Waals surface area contributed by atoms with Crippen molar-refractivity contribution in [2.75, 3.05) is 35.4 Å². The van der Waals surface area contributed by atoms with Crippen LogP contribution in [0.2, 0.25) is 0 Å². The van der Waals surface area contributed by atoms with E-state index >= 15 is 0 Å². The third-order valence-electron chi connectivity index (χ3n) is 4.69. The van der Waals surface area contributed by atoms with Crippen LogP contribution in [0.5, 0.6) is 17.2 Å². The van der Waals surface area contributed by atoms with Crippen LogP contribution >= 0.6 is 0 Å². The van der Waals surface area contributed by atoms with Crippen LogP contribution in [-0.4, -0.2) is 56.1 Å². The molecule has 0 atom stereocenters. The smallest absolute Gasteiger partial charge is 0.203 e. The maximum Gasteiger partial charge on any atom is 0.203 e. The van der Waals surface area contributed by atoms with Crippen molar-refractivity contribution >= 4 is 5.96 Å². The number of nitrogens with one attached hydrogen (secondary N) is 1. The van der Waals surface area contributed by atoms with Gasteiger partial charge in [0.1, 0.15) is 0 Å². The number of rotatable bonds is 8. The Morgan fingerprint density at radius 2 is 1.83 bits per heavy atom. The van der Waals surface area contributed by atoms with E-state index in [-0.39, 0.29) is 0 Å². The summed E-state index contributed by atoms with van der Waals surface area (Å²) in [4.78, 5) is 6.50. The number of aryl methyl sites for hydroxylation is 1. The van der Waals surface area contributed by atoms with Crippen molar-refractivity contribution in [1.82, 2.24) is 20.0 Å². The van der Waals surface area contributed by atoms with Gasteiger partial charge >= 0.3 is 0 Å². The standard InChI is InChI=1S/C21H33N5O3/c1-14(2)18-16(13-26(5)24-18)12-25(4)21(22-3)23-11-15-9-10-17(27-6)20(29-8)19(15)28-7/h9-10,13-14H,11-12H2,1-8H3,(H,22,23). The third-order valence-corrected chi connectivity index (χ3v) is 4.69. The van der Waals surface area contributed by atoms with Gasteiger partial charge < -0.3 is 24.4 Å². The van der Waals surface area contributed by atoms with Gasteiger partial charge in [0.2, 0.25) is 5.75 Å². The molecule has 8 heteroatoms. The molecule has 1 aromatic carbocycles. The number of hydrogen-bond donors (Lipinski definition) is 1. The normalized spacial score (nSPS) is 11.6. The fourth-order valence-corrected chi connectivity index (χ4v) is 3.35. The summed E-state index contributed by atoms with van der Waals surface area (Å²) in [6.45, 7) is 5.55. The first-order valence-corrected chi connectivity index (χ1v) is 9.58. The molecule has 1 N–H and O–H groups in total. The highest BCUT2D eigenvalue weighted by Crippen LogP contribution is 2.39. The predicted molar refractivity (Wildman–Crippen MR) is 115 cm³/mol. The van der Waals surface area contributed by atoms with E-state index in [2.05, 4.69) is 40.4 Å². The number of aromatic nitrogens is 2. The molecule has 0 radical (unpaired) electrons. The lowest BCUT2D eigenvalue weighted by Crippen LogP contribution is -2.38. The summed E-state index contributed by atoms with van der Waals surface area (Å²) >= 11 is 0. The van der Waals surface area contributed by atoms with Crippen LogP contribution in [0.1, 0.15) is 36.6 Å². The topological polar surface area (TPSA) is 73.1 Å². The maximum absolute atomic E-state index is 5.57. The van der Waals surface area contributed by atoms with Crippen molar-refractivity contribution in [3.63, 3.8) is 0 Å². The Morgan fingerprint density at radius 3 is 2.38 bits per heavy atom. The summed E-state index contributed by atoms with van der Waals surface area (Å²) in [5.74, 6) is 3.00. The van der Waals surface area contributed by atoms with E-state index in [9.17, 15) is 0 Å². The summed E-state index contributed by atoms with van der Waals surface area (Å²) in [6.07, 6.45) is 2.07. The Kier molecular flexibility index (Phi) is 7.75. The molecule has 0 fully saturated rings. The highest BCUT2D eigenvalue weighted by atomic mass is 16.5. The molecule has 1 aromatic heterocycles. The summed E-state index contributed by atoms with van der Waals surface area (Å²) in [6, 6.07) is 3.83. The Hall–Kier alpha value is -2.90. The Bertz CT molecular complexity index is 845. The molecular formula is C21H33N5O3. The van der Waals surface area contributed by atoms with Crippen molar-refractivity contribution < 1.29 is 14.2 Å². The van der Waals surface area contributed by atoms with E-state index in [0.717, 1.165) is 17.2 Å². The number of aliphatic imine (C=N–C) groups is 1. The number of methoxy groups -OCH3 is 3.